The van der Waals surface area contributed by atoms with Gasteiger partial charge in [-0.15, -0.1) is 0 Å². The van der Waals surface area contributed by atoms with E-state index < -0.39 is 10.0 Å². The Balaban J connectivity index is 2.27. The molecule has 2 aromatic rings. The average Bonchev–Trinajstić information content (AvgIpc) is 2.32. The highest BCUT2D eigenvalue weighted by molar-refractivity contribution is 9.10. The summed E-state index contributed by atoms with van der Waals surface area (Å²) in [4.78, 5) is 7.85. The molecule has 0 fully saturated rings. The number of benzene rings is 1. The maximum Gasteiger partial charge on any atom is 0.264 e. The van der Waals surface area contributed by atoms with E-state index in [1.807, 2.05) is 0 Å². The minimum atomic E-state index is -3.65. The fourth-order valence-electron chi connectivity index (χ4n) is 1.16. The zero-order chi connectivity index (χ0) is 13.2. The van der Waals surface area contributed by atoms with E-state index in [9.17, 15) is 8.42 Å². The highest BCUT2D eigenvalue weighted by atomic mass is 79.9. The van der Waals surface area contributed by atoms with E-state index in [0.29, 0.717) is 4.47 Å². The van der Waals surface area contributed by atoms with Crippen LogP contribution in [0.25, 0.3) is 0 Å². The van der Waals surface area contributed by atoms with Gasteiger partial charge in [0, 0.05) is 16.9 Å². The first kappa shape index (κ1) is 13.4. The molecule has 1 N–H and O–H groups in total. The molecule has 1 aromatic carbocycles. The van der Waals surface area contributed by atoms with Gasteiger partial charge in [0.25, 0.3) is 10.0 Å². The molecule has 0 radical (unpaired) electrons. The summed E-state index contributed by atoms with van der Waals surface area (Å²) in [5, 5.41) is 0. The number of halogens is 2. The fourth-order valence-corrected chi connectivity index (χ4v) is 2.58. The predicted molar refractivity (Wildman–Crippen MR) is 74.7 cm³/mol. The van der Waals surface area contributed by atoms with Crippen LogP contribution in [0.3, 0.4) is 0 Å². The van der Waals surface area contributed by atoms with Gasteiger partial charge in [0.15, 0.2) is 0 Å². The molecule has 8 heteroatoms. The van der Waals surface area contributed by atoms with E-state index in [-0.39, 0.29) is 10.8 Å². The topological polar surface area (TPSA) is 72.0 Å². The van der Waals surface area contributed by atoms with Crippen LogP contribution in [0.4, 0.5) is 5.95 Å². The lowest BCUT2D eigenvalue weighted by Crippen LogP contribution is -2.14. The van der Waals surface area contributed by atoms with Gasteiger partial charge in [0.05, 0.1) is 9.37 Å². The molecule has 94 valence electrons. The van der Waals surface area contributed by atoms with Gasteiger partial charge in [-0.1, -0.05) is 15.9 Å². The Hall–Kier alpha value is -0.990. The van der Waals surface area contributed by atoms with E-state index in [1.165, 1.54) is 24.5 Å². The van der Waals surface area contributed by atoms with Gasteiger partial charge < -0.3 is 0 Å². The molecule has 18 heavy (non-hydrogen) atoms. The van der Waals surface area contributed by atoms with Crippen molar-refractivity contribution in [2.75, 3.05) is 4.72 Å². The number of anilines is 1. The summed E-state index contributed by atoms with van der Waals surface area (Å²) in [5.41, 5.74) is 0. The number of sulfonamides is 1. The monoisotopic (exact) mass is 391 g/mol. The summed E-state index contributed by atoms with van der Waals surface area (Å²) in [6.45, 7) is 0. The molecule has 0 unspecified atom stereocenters. The lowest BCUT2D eigenvalue weighted by Gasteiger charge is -2.06. The molecule has 0 amide bonds. The smallest absolute Gasteiger partial charge is 0.247 e. The van der Waals surface area contributed by atoms with E-state index in [1.54, 1.807) is 12.1 Å². The van der Waals surface area contributed by atoms with Crippen LogP contribution in [0.5, 0.6) is 0 Å². The van der Waals surface area contributed by atoms with Crippen LogP contribution < -0.4 is 4.72 Å². The minimum Gasteiger partial charge on any atom is -0.247 e. The van der Waals surface area contributed by atoms with E-state index in [0.717, 1.165) is 4.47 Å². The van der Waals surface area contributed by atoms with Crippen LogP contribution in [0.2, 0.25) is 0 Å². The van der Waals surface area contributed by atoms with Gasteiger partial charge in [-0.05, 0) is 40.2 Å². The first-order valence-corrected chi connectivity index (χ1v) is 7.80. The normalized spacial score (nSPS) is 11.2. The van der Waals surface area contributed by atoms with Crippen LogP contribution in [-0.2, 0) is 10.0 Å². The predicted octanol–water partition coefficient (Wildman–Crippen LogP) is 2.80. The number of aromatic nitrogens is 2. The molecule has 0 aliphatic carbocycles. The van der Waals surface area contributed by atoms with E-state index >= 15 is 0 Å². The van der Waals surface area contributed by atoms with Crippen molar-refractivity contribution >= 4 is 47.8 Å². The molecule has 0 atom stereocenters. The maximum atomic E-state index is 12.0. The third-order valence-corrected chi connectivity index (χ3v) is 4.25. The van der Waals surface area contributed by atoms with Crippen molar-refractivity contribution in [3.05, 3.63) is 45.6 Å². The molecular weight excluding hydrogens is 386 g/mol. The largest absolute Gasteiger partial charge is 0.264 e. The van der Waals surface area contributed by atoms with Gasteiger partial charge in [0.2, 0.25) is 5.95 Å². The molecule has 0 bridgehead atoms. The Morgan fingerprint density at radius 1 is 0.944 bits per heavy atom. The maximum absolute atomic E-state index is 12.0. The minimum absolute atomic E-state index is 0.0288. The summed E-state index contributed by atoms with van der Waals surface area (Å²) in [7, 11) is -3.65. The third kappa shape index (κ3) is 3.27. The van der Waals surface area contributed by atoms with Gasteiger partial charge in [-0.3, -0.25) is 0 Å². The van der Waals surface area contributed by atoms with Crippen molar-refractivity contribution in [2.45, 2.75) is 4.90 Å². The molecule has 5 nitrogen and oxygen atoms in total. The van der Waals surface area contributed by atoms with E-state index in [4.69, 9.17) is 0 Å². The van der Waals surface area contributed by atoms with Gasteiger partial charge in [-0.25, -0.2) is 23.1 Å². The summed E-state index contributed by atoms with van der Waals surface area (Å²) >= 11 is 6.41. The average molecular weight is 393 g/mol. The Kier molecular flexibility index (Phi) is 3.98. The molecule has 0 aliphatic heterocycles. The second kappa shape index (κ2) is 5.33. The van der Waals surface area contributed by atoms with Crippen molar-refractivity contribution < 1.29 is 8.42 Å². The highest BCUT2D eigenvalue weighted by Crippen LogP contribution is 2.17. The fraction of sp³-hybridized carbons (Fsp3) is 0. The third-order valence-electron chi connectivity index (χ3n) is 1.97. The first-order chi connectivity index (χ1) is 8.47. The highest BCUT2D eigenvalue weighted by Gasteiger charge is 2.15. The summed E-state index contributed by atoms with van der Waals surface area (Å²) in [5.74, 6) is 0.0288. The zero-order valence-electron chi connectivity index (χ0n) is 8.84. The lowest BCUT2D eigenvalue weighted by molar-refractivity contribution is 0.601. The second-order valence-electron chi connectivity index (χ2n) is 3.28. The van der Waals surface area contributed by atoms with Crippen LogP contribution in [0.15, 0.2) is 50.5 Å². The zero-order valence-corrected chi connectivity index (χ0v) is 12.8. The molecular formula is C10H7Br2N3O2S. The molecule has 0 saturated heterocycles. The molecule has 0 saturated carbocycles. The van der Waals surface area contributed by atoms with Crippen molar-refractivity contribution in [3.8, 4) is 0 Å². The Morgan fingerprint density at radius 3 is 2.06 bits per heavy atom. The number of hydrogen-bond donors (Lipinski definition) is 1. The van der Waals surface area contributed by atoms with Crippen molar-refractivity contribution in [1.82, 2.24) is 9.97 Å². The Labute approximate surface area is 121 Å². The van der Waals surface area contributed by atoms with Crippen LogP contribution in [0.1, 0.15) is 0 Å². The molecule has 0 aliphatic rings. The van der Waals surface area contributed by atoms with E-state index in [2.05, 4.69) is 46.5 Å². The molecule has 1 heterocycles. The number of hydrogen-bond acceptors (Lipinski definition) is 4. The molecule has 2 rings (SSSR count). The number of nitrogens with zero attached hydrogens (tertiary/aromatic N) is 2. The SMILES string of the molecule is O=S(=O)(Nc1ncc(Br)cn1)c1ccc(Br)cc1. The summed E-state index contributed by atoms with van der Waals surface area (Å²) in [6, 6.07) is 6.28. The van der Waals surface area contributed by atoms with Crippen LogP contribution in [-0.4, -0.2) is 18.4 Å². The summed E-state index contributed by atoms with van der Waals surface area (Å²) < 4.78 is 27.7. The lowest BCUT2D eigenvalue weighted by atomic mass is 10.4. The van der Waals surface area contributed by atoms with Gasteiger partial charge in [0.1, 0.15) is 0 Å². The number of nitrogens with one attached hydrogen (secondary N) is 1. The number of rotatable bonds is 3. The molecule has 1 aromatic heterocycles. The Morgan fingerprint density at radius 2 is 1.50 bits per heavy atom. The Bertz CT molecular complexity index is 642. The van der Waals surface area contributed by atoms with Crippen LogP contribution in [0, 0.1) is 0 Å². The summed E-state index contributed by atoms with van der Waals surface area (Å²) in [6.07, 6.45) is 2.93. The molecule has 0 spiro atoms. The van der Waals surface area contributed by atoms with Crippen LogP contribution >= 0.6 is 31.9 Å². The van der Waals surface area contributed by atoms with Gasteiger partial charge >= 0.3 is 0 Å². The second-order valence-corrected chi connectivity index (χ2v) is 6.80. The first-order valence-electron chi connectivity index (χ1n) is 4.73. The van der Waals surface area contributed by atoms with Crippen molar-refractivity contribution in [3.63, 3.8) is 0 Å². The van der Waals surface area contributed by atoms with Crippen molar-refractivity contribution in [1.29, 1.82) is 0 Å². The van der Waals surface area contributed by atoms with Crippen molar-refractivity contribution in [2.24, 2.45) is 0 Å². The standard InChI is InChI=1S/C10H7Br2N3O2S/c11-7-1-3-9(4-2-7)18(16,17)15-10-13-5-8(12)6-14-10/h1-6H,(H,13,14,15). The quantitative estimate of drug-likeness (QED) is 0.871. The van der Waals surface area contributed by atoms with Gasteiger partial charge in [-0.2, -0.15) is 0 Å².